The molecule has 43 heteroatoms. The summed E-state index contributed by atoms with van der Waals surface area (Å²) in [5.41, 5.74) is 0. The van der Waals surface area contributed by atoms with Crippen molar-refractivity contribution >= 4 is 63.7 Å². The van der Waals surface area contributed by atoms with Crippen LogP contribution in [0.15, 0.2) is 0 Å². The second-order valence-electron chi connectivity index (χ2n) is 14.8. The molecule has 0 spiro atoms. The lowest BCUT2D eigenvalue weighted by atomic mass is 9.94. The van der Waals surface area contributed by atoms with E-state index in [1.165, 1.54) is 16.4 Å². The SMILES string of the molecule is CCCO[C@@H]1O[C@@H](C(=O)O)[C@@H](O[C@H]2O[C@H](COS(=O)(=O)O)[C@@H](O[C@@H]3O[C@@H](C(=O)O)[C@@H](O[C@H]4O[C@H](CO)[C@@H](O)[C@H](O)[C@H]4NS(=O)(=O)O)[C@H](O)[C@H]3OS(=O)(=O)O)[C@H](O)[C@H]2NS(=O)(=O)O)[C@H](O)[C@H]1OS(=O)(=O)O. The first-order valence-electron chi connectivity index (χ1n) is 19.0. The molecule has 4 aliphatic heterocycles. The molecule has 4 saturated heterocycles. The summed E-state index contributed by atoms with van der Waals surface area (Å²) in [7, 11) is -28.4. The Bertz CT molecular complexity index is 2370. The molecule has 0 aromatic rings. The van der Waals surface area contributed by atoms with Crippen LogP contribution in [0.5, 0.6) is 0 Å². The van der Waals surface area contributed by atoms with E-state index in [2.05, 4.69) is 12.5 Å². The molecule has 4 aliphatic rings. The van der Waals surface area contributed by atoms with Crippen molar-refractivity contribution in [2.75, 3.05) is 19.8 Å². The minimum atomic E-state index is -5.96. The topological polar surface area (TPSA) is 593 Å². The summed E-state index contributed by atoms with van der Waals surface area (Å²) in [6, 6.07) is -5.15. The first-order valence-corrected chi connectivity index (χ1v) is 26.0. The zero-order valence-corrected chi connectivity index (χ0v) is 38.7. The van der Waals surface area contributed by atoms with Crippen LogP contribution in [0.25, 0.3) is 0 Å². The third-order valence-corrected chi connectivity index (χ3v) is 12.4. The number of aliphatic carboxylic acids is 2. The molecule has 0 aromatic heterocycles. The number of ether oxygens (including phenoxy) is 8. The fraction of sp³-hybridized carbons (Fsp3) is 0.926. The highest BCUT2D eigenvalue weighted by molar-refractivity contribution is 7.84. The van der Waals surface area contributed by atoms with E-state index in [1.54, 1.807) is 0 Å². The lowest BCUT2D eigenvalue weighted by Gasteiger charge is -2.49. The van der Waals surface area contributed by atoms with Crippen LogP contribution in [0.3, 0.4) is 0 Å². The maximum atomic E-state index is 12.6. The predicted molar refractivity (Wildman–Crippen MR) is 205 cm³/mol. The van der Waals surface area contributed by atoms with Gasteiger partial charge in [-0.1, -0.05) is 6.92 Å². The van der Waals surface area contributed by atoms with Crippen LogP contribution in [0.1, 0.15) is 13.3 Å². The van der Waals surface area contributed by atoms with Crippen molar-refractivity contribution in [1.29, 1.82) is 0 Å². The van der Waals surface area contributed by atoms with E-state index in [9.17, 15) is 115 Å². The molecule has 0 aromatic carbocycles. The monoisotopic (exact) mass is 1130 g/mol. The van der Waals surface area contributed by atoms with E-state index in [4.69, 9.17) is 37.9 Å². The molecule has 0 saturated carbocycles. The average Bonchev–Trinajstić information content (AvgIpc) is 3.20. The van der Waals surface area contributed by atoms with Crippen LogP contribution in [0, 0.1) is 0 Å². The Kier molecular flexibility index (Phi) is 20.3. The molecule has 0 radical (unpaired) electrons. The van der Waals surface area contributed by atoms with E-state index >= 15 is 0 Å². The molecular formula is C27H46N2O36S5. The number of aliphatic hydroxyl groups excluding tert-OH is 6. The fourth-order valence-corrected chi connectivity index (χ4v) is 9.53. The molecule has 0 bridgehead atoms. The number of hydrogen-bond donors (Lipinski definition) is 15. The largest absolute Gasteiger partial charge is 0.479 e. The summed E-state index contributed by atoms with van der Waals surface area (Å²) in [6.45, 7) is -1.76. The highest BCUT2D eigenvalue weighted by atomic mass is 32.3. The van der Waals surface area contributed by atoms with E-state index < -0.39 is 200 Å². The van der Waals surface area contributed by atoms with Crippen molar-refractivity contribution in [3.8, 4) is 0 Å². The Labute approximate surface area is 393 Å². The standard InChI is InChI=1S/C27H46N2O36S5/c1-2-3-55-26-18(64-69(49,50)51)13(34)16(20(62-26)22(36)37)61-25-9(29-67(43,44)45)12(33)15(7(58-25)5-56-68(46,47)48)59-27-19(65-70(52,53)54)14(35)17(21(63-27)23(38)39)60-24-8(28-66(40,41)42)11(32)10(31)6(4-30)57-24/h6-21,24-35H,2-5H2,1H3,(H,36,37)(H,38,39)(H,40,41,42)(H,43,44,45)(H,46,47,48)(H,49,50,51)(H,52,53,54)/t6-,7-,8-,9-,10-,11-,12-,13+,14+,15-,16+,17+,18-,19-,20-,21-,24-,25-,26-,27-/m1/s1. The number of rotatable bonds is 23. The first kappa shape index (κ1) is 60.3. The summed E-state index contributed by atoms with van der Waals surface area (Å²) in [6.07, 6.45) is -47.0. The van der Waals surface area contributed by atoms with E-state index in [1.807, 2.05) is 0 Å². The molecule has 0 aliphatic carbocycles. The Morgan fingerprint density at radius 1 is 0.514 bits per heavy atom. The van der Waals surface area contributed by atoms with Crippen LogP contribution in [0.2, 0.25) is 0 Å². The second-order valence-corrected chi connectivity index (χ2v) is 20.4. The van der Waals surface area contributed by atoms with Crippen LogP contribution in [0.4, 0.5) is 0 Å². The van der Waals surface area contributed by atoms with Gasteiger partial charge in [0, 0.05) is 6.61 Å². The summed E-state index contributed by atoms with van der Waals surface area (Å²) in [5, 5.41) is 85.0. The van der Waals surface area contributed by atoms with E-state index in [0.717, 1.165) is 0 Å². The summed E-state index contributed by atoms with van der Waals surface area (Å²) >= 11 is 0. The Balaban J connectivity index is 1.80. The van der Waals surface area contributed by atoms with Crippen molar-refractivity contribution < 1.29 is 166 Å². The minimum absolute atomic E-state index is 0.133. The molecule has 0 amide bonds. The third kappa shape index (κ3) is 16.4. The van der Waals surface area contributed by atoms with Crippen LogP contribution < -0.4 is 9.44 Å². The van der Waals surface area contributed by atoms with Gasteiger partial charge in [-0.25, -0.2) is 22.1 Å². The van der Waals surface area contributed by atoms with Gasteiger partial charge >= 0.3 is 63.7 Å². The lowest BCUT2D eigenvalue weighted by Crippen LogP contribution is -2.70. The Hall–Kier alpha value is -2.27. The van der Waals surface area contributed by atoms with Gasteiger partial charge in [0.1, 0.15) is 73.1 Å². The van der Waals surface area contributed by atoms with Crippen molar-refractivity contribution in [3.05, 3.63) is 0 Å². The van der Waals surface area contributed by atoms with E-state index in [0.29, 0.717) is 0 Å². The summed E-state index contributed by atoms with van der Waals surface area (Å²) < 4.78 is 225. The quantitative estimate of drug-likeness (QED) is 0.0423. The highest BCUT2D eigenvalue weighted by Crippen LogP contribution is 2.37. The van der Waals surface area contributed by atoms with Gasteiger partial charge in [-0.15, -0.1) is 0 Å². The smallest absolute Gasteiger partial charge is 0.397 e. The second kappa shape index (κ2) is 23.5. The molecule has 0 unspecified atom stereocenters. The summed E-state index contributed by atoms with van der Waals surface area (Å²) in [4.78, 5) is 25.0. The van der Waals surface area contributed by atoms with Gasteiger partial charge in [-0.05, 0) is 6.42 Å². The van der Waals surface area contributed by atoms with Crippen LogP contribution >= 0.6 is 0 Å². The molecule has 410 valence electrons. The third-order valence-electron chi connectivity index (χ3n) is 9.86. The van der Waals surface area contributed by atoms with Gasteiger partial charge < -0.3 is 78.7 Å². The van der Waals surface area contributed by atoms with Gasteiger partial charge in [0.05, 0.1) is 13.2 Å². The average molecular weight is 1130 g/mol. The van der Waals surface area contributed by atoms with E-state index in [-0.39, 0.29) is 13.0 Å². The molecule has 20 atom stereocenters. The normalized spacial score (nSPS) is 39.3. The fourth-order valence-electron chi connectivity index (χ4n) is 7.07. The lowest BCUT2D eigenvalue weighted by molar-refractivity contribution is -0.367. The molecule has 38 nitrogen and oxygen atoms in total. The predicted octanol–water partition coefficient (Wildman–Crippen LogP) is -9.85. The van der Waals surface area contributed by atoms with Gasteiger partial charge in [-0.2, -0.15) is 51.5 Å². The number of carbonyl (C=O) groups is 2. The van der Waals surface area contributed by atoms with Crippen molar-refractivity contribution in [2.45, 2.75) is 136 Å². The van der Waals surface area contributed by atoms with Gasteiger partial charge in [0.25, 0.3) is 0 Å². The minimum Gasteiger partial charge on any atom is -0.479 e. The number of carboxylic acids is 2. The molecule has 4 heterocycles. The molecule has 70 heavy (non-hydrogen) atoms. The molecular weight excluding hydrogens is 1090 g/mol. The number of hydrogen-bond acceptors (Lipinski definition) is 29. The highest BCUT2D eigenvalue weighted by Gasteiger charge is 2.59. The van der Waals surface area contributed by atoms with Crippen molar-refractivity contribution in [3.63, 3.8) is 0 Å². The Morgan fingerprint density at radius 3 is 1.33 bits per heavy atom. The van der Waals surface area contributed by atoms with Gasteiger partial charge in [0.15, 0.2) is 49.6 Å². The Morgan fingerprint density at radius 2 is 0.929 bits per heavy atom. The molecule has 4 fully saturated rings. The maximum Gasteiger partial charge on any atom is 0.397 e. The summed E-state index contributed by atoms with van der Waals surface area (Å²) in [5.74, 6) is -4.36. The zero-order chi connectivity index (χ0) is 53.2. The number of nitrogens with one attached hydrogen (secondary N) is 2. The van der Waals surface area contributed by atoms with Crippen LogP contribution in [-0.2, 0) is 112 Å². The zero-order valence-electron chi connectivity index (χ0n) is 34.6. The van der Waals surface area contributed by atoms with Gasteiger partial charge in [-0.3, -0.25) is 22.8 Å². The van der Waals surface area contributed by atoms with Crippen LogP contribution in [-0.4, -0.2) is 260 Å². The maximum absolute atomic E-state index is 12.6. The first-order chi connectivity index (χ1) is 32.0. The number of carboxylic acid groups (broad SMARTS) is 2. The van der Waals surface area contributed by atoms with Gasteiger partial charge in [0.2, 0.25) is 0 Å². The molecule has 15 N–H and O–H groups in total. The van der Waals surface area contributed by atoms with Crippen molar-refractivity contribution in [2.24, 2.45) is 0 Å². The number of aliphatic hydroxyl groups is 6. The van der Waals surface area contributed by atoms with Crippen molar-refractivity contribution in [1.82, 2.24) is 9.44 Å². The molecule has 4 rings (SSSR count).